The number of hydrogen-bond donors (Lipinski definition) is 1. The number of nitrogens with one attached hydrogen (secondary N) is 1. The van der Waals surface area contributed by atoms with Crippen LogP contribution in [0.1, 0.15) is 11.1 Å². The van der Waals surface area contributed by atoms with Gasteiger partial charge in [-0.2, -0.15) is 9.41 Å². The fourth-order valence-corrected chi connectivity index (χ4v) is 5.03. The number of carbonyl (C=O) groups excluding carboxylic acids is 1. The molecule has 0 radical (unpaired) electrons. The second-order valence-corrected chi connectivity index (χ2v) is 9.85. The molecule has 8 nitrogen and oxygen atoms in total. The van der Waals surface area contributed by atoms with E-state index in [0.29, 0.717) is 5.75 Å². The summed E-state index contributed by atoms with van der Waals surface area (Å²) < 4.78 is 39.6. The second-order valence-electron chi connectivity index (χ2n) is 7.09. The number of amides is 1. The smallest absolute Gasteiger partial charge is 0.255 e. The first kappa shape index (κ1) is 25.4. The molecule has 0 fully saturated rings. The molecule has 0 aliphatic heterocycles. The summed E-state index contributed by atoms with van der Waals surface area (Å²) in [7, 11) is -1.32. The van der Waals surface area contributed by atoms with E-state index in [1.807, 2.05) is 30.3 Å². The molecule has 3 aromatic carbocycles. The summed E-state index contributed by atoms with van der Waals surface area (Å²) in [4.78, 5) is 12.6. The van der Waals surface area contributed by atoms with Crippen LogP contribution in [0.4, 0.5) is 0 Å². The van der Waals surface area contributed by atoms with Gasteiger partial charge in [0.05, 0.1) is 27.0 Å². The Morgan fingerprint density at radius 2 is 1.74 bits per heavy atom. The molecule has 0 bridgehead atoms. The molecule has 0 heterocycles. The normalized spacial score (nSPS) is 11.5. The Morgan fingerprint density at radius 1 is 1.03 bits per heavy atom. The minimum absolute atomic E-state index is 0.0229. The highest BCUT2D eigenvalue weighted by atomic mass is 79.9. The van der Waals surface area contributed by atoms with Gasteiger partial charge in [-0.05, 0) is 23.8 Å². The monoisotopic (exact) mass is 545 g/mol. The van der Waals surface area contributed by atoms with Gasteiger partial charge in [0.2, 0.25) is 10.0 Å². The summed E-state index contributed by atoms with van der Waals surface area (Å²) in [5.74, 6) is -0.0996. The topological polar surface area (TPSA) is 97.3 Å². The van der Waals surface area contributed by atoms with Crippen molar-refractivity contribution in [2.24, 2.45) is 5.10 Å². The Labute approximate surface area is 207 Å². The van der Waals surface area contributed by atoms with Gasteiger partial charge < -0.3 is 9.47 Å². The maximum Gasteiger partial charge on any atom is 0.255 e. The molecule has 0 aromatic heterocycles. The van der Waals surface area contributed by atoms with Crippen molar-refractivity contribution >= 4 is 38.1 Å². The largest absolute Gasteiger partial charge is 0.497 e. The van der Waals surface area contributed by atoms with Gasteiger partial charge in [0.15, 0.2) is 0 Å². The Hall–Kier alpha value is -3.21. The molecule has 178 valence electrons. The molecule has 1 amide bonds. The molecule has 0 spiro atoms. The zero-order chi connectivity index (χ0) is 24.6. The van der Waals surface area contributed by atoms with Gasteiger partial charge in [0.1, 0.15) is 16.4 Å². The van der Waals surface area contributed by atoms with Crippen LogP contribution in [0, 0.1) is 0 Å². The third-order valence-corrected chi connectivity index (χ3v) is 7.34. The number of carbonyl (C=O) groups is 1. The van der Waals surface area contributed by atoms with Gasteiger partial charge in [0.25, 0.3) is 5.91 Å². The fourth-order valence-electron chi connectivity index (χ4n) is 3.09. The molecule has 0 atom stereocenters. The van der Waals surface area contributed by atoms with Crippen LogP contribution in [-0.2, 0) is 21.4 Å². The molecule has 0 aliphatic carbocycles. The van der Waals surface area contributed by atoms with Gasteiger partial charge in [-0.1, -0.05) is 64.5 Å². The van der Waals surface area contributed by atoms with Crippen LogP contribution in [-0.4, -0.2) is 45.6 Å². The third kappa shape index (κ3) is 6.43. The van der Waals surface area contributed by atoms with Crippen molar-refractivity contribution < 1.29 is 22.7 Å². The predicted molar refractivity (Wildman–Crippen MR) is 133 cm³/mol. The lowest BCUT2D eigenvalue weighted by Crippen LogP contribution is -2.39. The van der Waals surface area contributed by atoms with Gasteiger partial charge in [-0.25, -0.2) is 13.8 Å². The standard InChI is InChI=1S/C24H24BrN3O5S/c1-32-20-12-13-22(33-2)23(14-20)34(30,31)28(16-18-8-4-3-5-9-18)17-24(29)27-26-15-19-10-6-7-11-21(19)25/h3-15H,16-17H2,1-2H3,(H,27,29)/b26-15+. The number of hydrazone groups is 1. The van der Waals surface area contributed by atoms with E-state index >= 15 is 0 Å². The molecule has 0 saturated carbocycles. The van der Waals surface area contributed by atoms with Crippen molar-refractivity contribution in [2.45, 2.75) is 11.4 Å². The number of sulfonamides is 1. The van der Waals surface area contributed by atoms with E-state index in [0.717, 1.165) is 19.9 Å². The maximum absolute atomic E-state index is 13.6. The minimum Gasteiger partial charge on any atom is -0.497 e. The first-order valence-corrected chi connectivity index (χ1v) is 12.4. The van der Waals surface area contributed by atoms with Crippen LogP contribution in [0.5, 0.6) is 11.5 Å². The summed E-state index contributed by atoms with van der Waals surface area (Å²) in [6, 6.07) is 20.8. The van der Waals surface area contributed by atoms with E-state index in [4.69, 9.17) is 9.47 Å². The van der Waals surface area contributed by atoms with Gasteiger partial charge >= 0.3 is 0 Å². The third-order valence-electron chi connectivity index (χ3n) is 4.81. The number of hydrogen-bond acceptors (Lipinski definition) is 6. The SMILES string of the molecule is COc1ccc(OC)c(S(=O)(=O)N(CC(=O)N/N=C/c2ccccc2Br)Cc2ccccc2)c1. The van der Waals surface area contributed by atoms with E-state index in [2.05, 4.69) is 26.5 Å². The molecule has 34 heavy (non-hydrogen) atoms. The lowest BCUT2D eigenvalue weighted by atomic mass is 10.2. The molecule has 10 heteroatoms. The van der Waals surface area contributed by atoms with E-state index < -0.39 is 22.5 Å². The Bertz CT molecular complexity index is 1270. The molecular weight excluding hydrogens is 522 g/mol. The Balaban J connectivity index is 1.88. The van der Waals surface area contributed by atoms with Crippen LogP contribution in [0.3, 0.4) is 0 Å². The molecule has 0 aliphatic rings. The van der Waals surface area contributed by atoms with Crippen molar-refractivity contribution in [3.63, 3.8) is 0 Å². The van der Waals surface area contributed by atoms with Crippen molar-refractivity contribution in [1.82, 2.24) is 9.73 Å². The second kappa shape index (κ2) is 11.8. The predicted octanol–water partition coefficient (Wildman–Crippen LogP) is 3.81. The van der Waals surface area contributed by atoms with Gasteiger partial charge in [0, 0.05) is 22.6 Å². The van der Waals surface area contributed by atoms with E-state index in [9.17, 15) is 13.2 Å². The van der Waals surface area contributed by atoms with Crippen LogP contribution < -0.4 is 14.9 Å². The summed E-state index contributed by atoms with van der Waals surface area (Å²) >= 11 is 3.40. The molecular formula is C24H24BrN3O5S. The Kier molecular flexibility index (Phi) is 8.80. The lowest BCUT2D eigenvalue weighted by Gasteiger charge is -2.23. The summed E-state index contributed by atoms with van der Waals surface area (Å²) in [6.45, 7) is -0.476. The average molecular weight is 546 g/mol. The molecule has 1 N–H and O–H groups in total. The number of ether oxygens (including phenoxy) is 2. The maximum atomic E-state index is 13.6. The van der Waals surface area contributed by atoms with Crippen molar-refractivity contribution in [2.75, 3.05) is 20.8 Å². The van der Waals surface area contributed by atoms with E-state index in [1.54, 1.807) is 30.3 Å². The lowest BCUT2D eigenvalue weighted by molar-refractivity contribution is -0.121. The molecule has 3 rings (SSSR count). The van der Waals surface area contributed by atoms with Crippen LogP contribution in [0.15, 0.2) is 87.3 Å². The summed E-state index contributed by atoms with van der Waals surface area (Å²) in [6.07, 6.45) is 1.48. The quantitative estimate of drug-likeness (QED) is 0.308. The number of benzene rings is 3. The van der Waals surface area contributed by atoms with Gasteiger partial charge in [-0.15, -0.1) is 0 Å². The van der Waals surface area contributed by atoms with Crippen LogP contribution in [0.25, 0.3) is 0 Å². The first-order chi connectivity index (χ1) is 16.3. The zero-order valence-electron chi connectivity index (χ0n) is 18.6. The van der Waals surface area contributed by atoms with E-state index in [1.165, 1.54) is 32.6 Å². The molecule has 3 aromatic rings. The van der Waals surface area contributed by atoms with Crippen molar-refractivity contribution in [3.05, 3.63) is 88.4 Å². The summed E-state index contributed by atoms with van der Waals surface area (Å²) in [5, 5.41) is 3.96. The number of methoxy groups -OCH3 is 2. The van der Waals surface area contributed by atoms with Gasteiger partial charge in [-0.3, -0.25) is 4.79 Å². The number of rotatable bonds is 10. The number of halogens is 1. The Morgan fingerprint density at radius 3 is 2.41 bits per heavy atom. The minimum atomic E-state index is -4.15. The van der Waals surface area contributed by atoms with Crippen molar-refractivity contribution in [1.29, 1.82) is 0 Å². The van der Waals surface area contributed by atoms with Crippen LogP contribution in [0.2, 0.25) is 0 Å². The van der Waals surface area contributed by atoms with E-state index in [-0.39, 0.29) is 17.2 Å². The van der Waals surface area contributed by atoms with Crippen molar-refractivity contribution in [3.8, 4) is 11.5 Å². The molecule has 0 saturated heterocycles. The average Bonchev–Trinajstić information content (AvgIpc) is 2.85. The first-order valence-electron chi connectivity index (χ1n) is 10.2. The number of nitrogens with zero attached hydrogens (tertiary/aromatic N) is 2. The highest BCUT2D eigenvalue weighted by Gasteiger charge is 2.30. The molecule has 0 unspecified atom stereocenters. The zero-order valence-corrected chi connectivity index (χ0v) is 21.0. The highest BCUT2D eigenvalue weighted by Crippen LogP contribution is 2.31. The highest BCUT2D eigenvalue weighted by molar-refractivity contribution is 9.10. The fraction of sp³-hybridized carbons (Fsp3) is 0.167. The summed E-state index contributed by atoms with van der Waals surface area (Å²) in [5.41, 5.74) is 3.88. The van der Waals surface area contributed by atoms with Crippen LogP contribution >= 0.6 is 15.9 Å².